The Morgan fingerprint density at radius 3 is 2.46 bits per heavy atom. The molecule has 5 nitrogen and oxygen atoms in total. The molecule has 0 rings (SSSR count). The van der Waals surface area contributed by atoms with Crippen LogP contribution in [-0.4, -0.2) is 42.0 Å². The predicted molar refractivity (Wildman–Crippen MR) is 47.8 cm³/mol. The van der Waals surface area contributed by atoms with Crippen LogP contribution >= 0.6 is 0 Å². The molecule has 0 unspecified atom stereocenters. The summed E-state index contributed by atoms with van der Waals surface area (Å²) in [6.45, 7) is 0.0464. The van der Waals surface area contributed by atoms with Crippen molar-refractivity contribution in [3.05, 3.63) is 0 Å². The Hall–Kier alpha value is -1.10. The third-order valence-corrected chi connectivity index (χ3v) is 1.62. The number of unbranched alkanes of at least 4 members (excludes halogenated alkanes) is 1. The Kier molecular flexibility index (Phi) is 5.88. The van der Waals surface area contributed by atoms with Crippen molar-refractivity contribution < 1.29 is 14.7 Å². The van der Waals surface area contributed by atoms with Gasteiger partial charge in [0, 0.05) is 20.1 Å². The molecule has 0 saturated carbocycles. The lowest BCUT2D eigenvalue weighted by atomic mass is 10.2. The lowest BCUT2D eigenvalue weighted by Gasteiger charge is -2.14. The average Bonchev–Trinajstić information content (AvgIpc) is 2.03. The summed E-state index contributed by atoms with van der Waals surface area (Å²) < 4.78 is 0. The van der Waals surface area contributed by atoms with Crippen LogP contribution < -0.4 is 5.73 Å². The van der Waals surface area contributed by atoms with Crippen LogP contribution in [0.2, 0.25) is 0 Å². The van der Waals surface area contributed by atoms with Gasteiger partial charge in [0.1, 0.15) is 0 Å². The maximum Gasteiger partial charge on any atom is 0.237 e. The highest BCUT2D eigenvalue weighted by Crippen LogP contribution is 1.98. The van der Waals surface area contributed by atoms with Crippen LogP contribution in [0, 0.1) is 0 Å². The lowest BCUT2D eigenvalue weighted by molar-refractivity contribution is -0.133. The Labute approximate surface area is 77.5 Å². The molecule has 0 fully saturated rings. The molecule has 0 radical (unpaired) electrons. The van der Waals surface area contributed by atoms with Crippen molar-refractivity contribution in [2.75, 3.05) is 20.2 Å². The second-order valence-electron chi connectivity index (χ2n) is 2.90. The first-order chi connectivity index (χ1) is 6.07. The second kappa shape index (κ2) is 6.42. The van der Waals surface area contributed by atoms with E-state index in [-0.39, 0.29) is 19.1 Å². The monoisotopic (exact) mass is 188 g/mol. The van der Waals surface area contributed by atoms with E-state index >= 15 is 0 Å². The van der Waals surface area contributed by atoms with Crippen molar-refractivity contribution in [2.45, 2.75) is 19.3 Å². The Balaban J connectivity index is 3.63. The number of aliphatic hydroxyl groups excluding tert-OH is 1. The van der Waals surface area contributed by atoms with E-state index in [1.54, 1.807) is 0 Å². The van der Waals surface area contributed by atoms with Crippen LogP contribution in [0.5, 0.6) is 0 Å². The number of nitrogens with two attached hydrogens (primary N) is 1. The third kappa shape index (κ3) is 6.10. The quantitative estimate of drug-likeness (QED) is 0.529. The highest BCUT2D eigenvalue weighted by atomic mass is 16.3. The van der Waals surface area contributed by atoms with E-state index in [1.807, 2.05) is 0 Å². The number of nitrogens with zero attached hydrogens (tertiary/aromatic N) is 1. The van der Waals surface area contributed by atoms with Gasteiger partial charge in [-0.3, -0.25) is 9.59 Å². The van der Waals surface area contributed by atoms with Gasteiger partial charge in [0.05, 0.1) is 6.54 Å². The van der Waals surface area contributed by atoms with Gasteiger partial charge < -0.3 is 15.7 Å². The standard InChI is InChI=1S/C8H16N2O3/c1-10(6-7(9)12)8(13)4-2-3-5-11/h11H,2-6H2,1H3,(H2,9,12). The van der Waals surface area contributed by atoms with E-state index in [4.69, 9.17) is 10.8 Å². The molecule has 0 aromatic carbocycles. The molecule has 76 valence electrons. The van der Waals surface area contributed by atoms with Gasteiger partial charge in [-0.05, 0) is 12.8 Å². The summed E-state index contributed by atoms with van der Waals surface area (Å²) in [6.07, 6.45) is 1.60. The molecule has 0 aromatic heterocycles. The molecular formula is C8H16N2O3. The SMILES string of the molecule is CN(CC(N)=O)C(=O)CCCCO. The van der Waals surface area contributed by atoms with E-state index in [1.165, 1.54) is 11.9 Å². The highest BCUT2D eigenvalue weighted by molar-refractivity contribution is 5.83. The maximum atomic E-state index is 11.2. The number of carbonyl (C=O) groups excluding carboxylic acids is 2. The Morgan fingerprint density at radius 1 is 1.38 bits per heavy atom. The van der Waals surface area contributed by atoms with Crippen molar-refractivity contribution in [1.29, 1.82) is 0 Å². The van der Waals surface area contributed by atoms with Gasteiger partial charge in [-0.15, -0.1) is 0 Å². The number of carbonyl (C=O) groups is 2. The molecule has 13 heavy (non-hydrogen) atoms. The van der Waals surface area contributed by atoms with E-state index in [0.29, 0.717) is 19.3 Å². The Bertz CT molecular complexity index is 182. The molecule has 0 bridgehead atoms. The predicted octanol–water partition coefficient (Wildman–Crippen LogP) is -0.907. The van der Waals surface area contributed by atoms with Crippen LogP contribution in [0.1, 0.15) is 19.3 Å². The highest BCUT2D eigenvalue weighted by Gasteiger charge is 2.09. The van der Waals surface area contributed by atoms with Crippen molar-refractivity contribution in [3.8, 4) is 0 Å². The molecular weight excluding hydrogens is 172 g/mol. The third-order valence-electron chi connectivity index (χ3n) is 1.62. The van der Waals surface area contributed by atoms with E-state index < -0.39 is 5.91 Å². The van der Waals surface area contributed by atoms with Crippen molar-refractivity contribution in [3.63, 3.8) is 0 Å². The van der Waals surface area contributed by atoms with Gasteiger partial charge in [0.15, 0.2) is 0 Å². The van der Waals surface area contributed by atoms with Gasteiger partial charge in [-0.1, -0.05) is 0 Å². The van der Waals surface area contributed by atoms with Crippen LogP contribution in [0.15, 0.2) is 0 Å². The fourth-order valence-corrected chi connectivity index (χ4v) is 0.901. The van der Waals surface area contributed by atoms with Crippen LogP contribution in [0.3, 0.4) is 0 Å². The molecule has 0 heterocycles. The molecule has 0 aromatic rings. The van der Waals surface area contributed by atoms with Crippen LogP contribution in [0.25, 0.3) is 0 Å². The van der Waals surface area contributed by atoms with Crippen molar-refractivity contribution in [1.82, 2.24) is 4.90 Å². The molecule has 0 aliphatic heterocycles. The molecule has 2 amide bonds. The molecule has 0 spiro atoms. The summed E-state index contributed by atoms with van der Waals surface area (Å²) in [4.78, 5) is 22.9. The molecule has 0 saturated heterocycles. The first-order valence-corrected chi connectivity index (χ1v) is 4.21. The van der Waals surface area contributed by atoms with Gasteiger partial charge in [-0.2, -0.15) is 0 Å². The minimum atomic E-state index is -0.516. The summed E-state index contributed by atoms with van der Waals surface area (Å²) in [5.41, 5.74) is 4.91. The first kappa shape index (κ1) is 11.9. The number of primary amides is 1. The summed E-state index contributed by atoms with van der Waals surface area (Å²) >= 11 is 0. The summed E-state index contributed by atoms with van der Waals surface area (Å²) in [7, 11) is 1.53. The first-order valence-electron chi connectivity index (χ1n) is 4.21. The van der Waals surface area contributed by atoms with Gasteiger partial charge >= 0.3 is 0 Å². The van der Waals surface area contributed by atoms with Gasteiger partial charge in [0.2, 0.25) is 11.8 Å². The van der Waals surface area contributed by atoms with Crippen LogP contribution in [-0.2, 0) is 9.59 Å². The number of aliphatic hydroxyl groups is 1. The summed E-state index contributed by atoms with van der Waals surface area (Å²) in [5.74, 6) is -0.634. The van der Waals surface area contributed by atoms with Gasteiger partial charge in [0.25, 0.3) is 0 Å². The Morgan fingerprint density at radius 2 is 2.00 bits per heavy atom. The average molecular weight is 188 g/mol. The largest absolute Gasteiger partial charge is 0.396 e. The summed E-state index contributed by atoms with van der Waals surface area (Å²) in [6, 6.07) is 0. The smallest absolute Gasteiger partial charge is 0.237 e. The zero-order chi connectivity index (χ0) is 10.3. The van der Waals surface area contributed by atoms with E-state index in [2.05, 4.69) is 0 Å². The zero-order valence-corrected chi connectivity index (χ0v) is 7.82. The van der Waals surface area contributed by atoms with Gasteiger partial charge in [-0.25, -0.2) is 0 Å². The minimum absolute atomic E-state index is 0.0437. The van der Waals surface area contributed by atoms with E-state index in [9.17, 15) is 9.59 Å². The number of rotatable bonds is 6. The lowest BCUT2D eigenvalue weighted by Crippen LogP contribution is -2.35. The van der Waals surface area contributed by atoms with Crippen LogP contribution in [0.4, 0.5) is 0 Å². The number of amides is 2. The van der Waals surface area contributed by atoms with Crippen molar-refractivity contribution >= 4 is 11.8 Å². The molecule has 0 atom stereocenters. The molecule has 0 aliphatic carbocycles. The van der Waals surface area contributed by atoms with Crippen molar-refractivity contribution in [2.24, 2.45) is 5.73 Å². The fraction of sp³-hybridized carbons (Fsp3) is 0.750. The molecule has 0 aliphatic rings. The second-order valence-corrected chi connectivity index (χ2v) is 2.90. The molecule has 5 heteroatoms. The fourth-order valence-electron chi connectivity index (χ4n) is 0.901. The maximum absolute atomic E-state index is 11.2. The number of likely N-dealkylation sites (N-methyl/N-ethyl adjacent to an activating group) is 1. The normalized spacial score (nSPS) is 9.69. The number of hydrogen-bond donors (Lipinski definition) is 2. The topological polar surface area (TPSA) is 83.6 Å². The molecule has 3 N–H and O–H groups in total. The minimum Gasteiger partial charge on any atom is -0.396 e. The number of hydrogen-bond acceptors (Lipinski definition) is 3. The zero-order valence-electron chi connectivity index (χ0n) is 7.82. The summed E-state index contributed by atoms with van der Waals surface area (Å²) in [5, 5.41) is 8.46. The van der Waals surface area contributed by atoms with E-state index in [0.717, 1.165) is 0 Å².